The molecule has 0 radical (unpaired) electrons. The van der Waals surface area contributed by atoms with Crippen LogP contribution >= 0.6 is 15.9 Å². The predicted octanol–water partition coefficient (Wildman–Crippen LogP) is 2.28. The molecule has 0 fully saturated rings. The number of pyridine rings is 1. The lowest BCUT2D eigenvalue weighted by molar-refractivity contribution is -0.138. The van der Waals surface area contributed by atoms with Crippen LogP contribution in [0.3, 0.4) is 0 Å². The van der Waals surface area contributed by atoms with E-state index in [9.17, 15) is 18.0 Å². The second-order valence-electron chi connectivity index (χ2n) is 3.07. The number of aromatic nitrogens is 1. The van der Waals surface area contributed by atoms with E-state index < -0.39 is 17.3 Å². The third-order valence-electron chi connectivity index (χ3n) is 1.91. The van der Waals surface area contributed by atoms with E-state index in [0.29, 0.717) is 0 Å². The van der Waals surface area contributed by atoms with Crippen molar-refractivity contribution in [1.82, 2.24) is 4.57 Å². The fraction of sp³-hybridized carbons (Fsp3) is 0.444. The molecule has 0 saturated carbocycles. The highest BCUT2D eigenvalue weighted by Crippen LogP contribution is 2.29. The first-order valence-electron chi connectivity index (χ1n) is 4.32. The first kappa shape index (κ1) is 13.2. The minimum absolute atomic E-state index is 0.0812. The molecule has 0 aliphatic carbocycles. The van der Waals surface area contributed by atoms with Crippen molar-refractivity contribution in [2.24, 2.45) is 0 Å². The Hall–Kier alpha value is -0.820. The molecule has 0 amide bonds. The average Bonchev–Trinajstić information content (AvgIpc) is 2.18. The van der Waals surface area contributed by atoms with Gasteiger partial charge in [-0.15, -0.1) is 0 Å². The van der Waals surface area contributed by atoms with E-state index in [1.165, 1.54) is 7.11 Å². The number of nitrogens with zero attached hydrogens (tertiary/aromatic N) is 1. The number of halogens is 4. The number of hydrogen-bond donors (Lipinski definition) is 0. The Balaban J connectivity index is 3.17. The molecule has 0 atom stereocenters. The molecule has 16 heavy (non-hydrogen) atoms. The predicted molar refractivity (Wildman–Crippen MR) is 55.3 cm³/mol. The fourth-order valence-corrected chi connectivity index (χ4v) is 1.58. The van der Waals surface area contributed by atoms with Crippen molar-refractivity contribution in [2.45, 2.75) is 12.7 Å². The molecule has 1 aromatic rings. The van der Waals surface area contributed by atoms with Gasteiger partial charge in [-0.1, -0.05) is 0 Å². The van der Waals surface area contributed by atoms with Crippen LogP contribution in [0.5, 0.6) is 0 Å². The number of methoxy groups -OCH3 is 1. The number of ether oxygens (including phenoxy) is 1. The van der Waals surface area contributed by atoms with Gasteiger partial charge < -0.3 is 9.30 Å². The lowest BCUT2D eigenvalue weighted by Gasteiger charge is -2.11. The van der Waals surface area contributed by atoms with Crippen LogP contribution in [0.15, 0.2) is 21.5 Å². The maximum atomic E-state index is 12.4. The van der Waals surface area contributed by atoms with Crippen molar-refractivity contribution in [3.05, 3.63) is 32.7 Å². The van der Waals surface area contributed by atoms with Gasteiger partial charge in [-0.2, -0.15) is 13.2 Å². The van der Waals surface area contributed by atoms with Crippen molar-refractivity contribution >= 4 is 15.9 Å². The molecule has 0 N–H and O–H groups in total. The van der Waals surface area contributed by atoms with Gasteiger partial charge in [-0.05, 0) is 22.0 Å². The third kappa shape index (κ3) is 3.08. The molecule has 90 valence electrons. The summed E-state index contributed by atoms with van der Waals surface area (Å²) in [6, 6.07) is 0.769. The maximum Gasteiger partial charge on any atom is 0.417 e. The lowest BCUT2D eigenvalue weighted by Crippen LogP contribution is -2.24. The standard InChI is InChI=1S/C9H9BrF3NO2/c1-16-3-2-14-5-6(9(11,12)13)4-7(10)8(14)15/h4-5H,2-3H2,1H3. The first-order valence-corrected chi connectivity index (χ1v) is 5.11. The molecule has 1 heterocycles. The van der Waals surface area contributed by atoms with Crippen LogP contribution in [0.25, 0.3) is 0 Å². The monoisotopic (exact) mass is 299 g/mol. The Bertz CT molecular complexity index is 428. The van der Waals surface area contributed by atoms with Crippen molar-refractivity contribution in [3.8, 4) is 0 Å². The molecule has 0 saturated heterocycles. The van der Waals surface area contributed by atoms with Gasteiger partial charge >= 0.3 is 6.18 Å². The van der Waals surface area contributed by atoms with Crippen LogP contribution in [0.2, 0.25) is 0 Å². The smallest absolute Gasteiger partial charge is 0.383 e. The fourth-order valence-electron chi connectivity index (χ4n) is 1.11. The van der Waals surface area contributed by atoms with E-state index in [1.54, 1.807) is 0 Å². The summed E-state index contributed by atoms with van der Waals surface area (Å²) in [6.07, 6.45) is -3.68. The van der Waals surface area contributed by atoms with Gasteiger partial charge in [0.05, 0.1) is 16.6 Å². The molecule has 0 aliphatic rings. The summed E-state index contributed by atoms with van der Waals surface area (Å²) in [6.45, 7) is 0.255. The molecule has 1 aromatic heterocycles. The molecule has 7 heteroatoms. The van der Waals surface area contributed by atoms with Gasteiger partial charge in [0.25, 0.3) is 5.56 Å². The van der Waals surface area contributed by atoms with E-state index in [2.05, 4.69) is 15.9 Å². The molecule has 1 rings (SSSR count). The van der Waals surface area contributed by atoms with E-state index in [4.69, 9.17) is 4.74 Å². The highest BCUT2D eigenvalue weighted by Gasteiger charge is 2.31. The van der Waals surface area contributed by atoms with Crippen molar-refractivity contribution in [3.63, 3.8) is 0 Å². The minimum atomic E-state index is -4.47. The zero-order chi connectivity index (χ0) is 12.3. The van der Waals surface area contributed by atoms with Crippen molar-refractivity contribution in [2.75, 3.05) is 13.7 Å². The topological polar surface area (TPSA) is 31.2 Å². The van der Waals surface area contributed by atoms with Gasteiger partial charge in [-0.25, -0.2) is 0 Å². The van der Waals surface area contributed by atoms with E-state index in [0.717, 1.165) is 16.8 Å². The molecule has 0 bridgehead atoms. The average molecular weight is 300 g/mol. The number of hydrogen-bond acceptors (Lipinski definition) is 2. The summed E-state index contributed by atoms with van der Waals surface area (Å²) in [5.41, 5.74) is -1.37. The summed E-state index contributed by atoms with van der Waals surface area (Å²) in [7, 11) is 1.41. The van der Waals surface area contributed by atoms with Crippen LogP contribution in [0.1, 0.15) is 5.56 Å². The molecule has 3 nitrogen and oxygen atoms in total. The molecular formula is C9H9BrF3NO2. The molecule has 0 spiro atoms. The highest BCUT2D eigenvalue weighted by molar-refractivity contribution is 9.10. The van der Waals surface area contributed by atoms with Crippen molar-refractivity contribution in [1.29, 1.82) is 0 Å². The Kier molecular flexibility index (Phi) is 4.15. The second-order valence-corrected chi connectivity index (χ2v) is 3.92. The maximum absolute atomic E-state index is 12.4. The second kappa shape index (κ2) is 5.01. The van der Waals surface area contributed by atoms with E-state index >= 15 is 0 Å². The number of alkyl halides is 3. The van der Waals surface area contributed by atoms with Gasteiger partial charge in [-0.3, -0.25) is 4.79 Å². The summed E-state index contributed by atoms with van der Waals surface area (Å²) in [5.74, 6) is 0. The summed E-state index contributed by atoms with van der Waals surface area (Å²) < 4.78 is 42.9. The summed E-state index contributed by atoms with van der Waals surface area (Å²) in [4.78, 5) is 11.4. The first-order chi connectivity index (χ1) is 7.36. The zero-order valence-corrected chi connectivity index (χ0v) is 9.93. The third-order valence-corrected chi connectivity index (χ3v) is 2.47. The quantitative estimate of drug-likeness (QED) is 0.857. The molecule has 0 unspecified atom stereocenters. The van der Waals surface area contributed by atoms with Crippen LogP contribution in [-0.4, -0.2) is 18.3 Å². The van der Waals surface area contributed by atoms with Gasteiger partial charge in [0.2, 0.25) is 0 Å². The SMILES string of the molecule is COCCn1cc(C(F)(F)F)cc(Br)c1=O. The van der Waals surface area contributed by atoms with Gasteiger partial charge in [0.15, 0.2) is 0 Å². The van der Waals surface area contributed by atoms with Gasteiger partial charge in [0.1, 0.15) is 0 Å². The molecule has 0 aliphatic heterocycles. The largest absolute Gasteiger partial charge is 0.417 e. The van der Waals surface area contributed by atoms with Crippen LogP contribution in [0.4, 0.5) is 13.2 Å². The van der Waals surface area contributed by atoms with E-state index in [-0.39, 0.29) is 17.6 Å². The van der Waals surface area contributed by atoms with Crippen molar-refractivity contribution < 1.29 is 17.9 Å². The Labute approximate surface area is 98.0 Å². The van der Waals surface area contributed by atoms with Crippen LogP contribution < -0.4 is 5.56 Å². The Morgan fingerprint density at radius 1 is 1.50 bits per heavy atom. The number of rotatable bonds is 3. The Morgan fingerprint density at radius 3 is 2.62 bits per heavy atom. The zero-order valence-electron chi connectivity index (χ0n) is 8.34. The molecular weight excluding hydrogens is 291 g/mol. The van der Waals surface area contributed by atoms with E-state index in [1.807, 2.05) is 0 Å². The Morgan fingerprint density at radius 2 is 2.12 bits per heavy atom. The summed E-state index contributed by atoms with van der Waals surface area (Å²) in [5, 5.41) is 0. The lowest BCUT2D eigenvalue weighted by atomic mass is 10.3. The van der Waals surface area contributed by atoms with Crippen LogP contribution in [0, 0.1) is 0 Å². The van der Waals surface area contributed by atoms with Gasteiger partial charge in [0, 0.05) is 19.9 Å². The highest BCUT2D eigenvalue weighted by atomic mass is 79.9. The minimum Gasteiger partial charge on any atom is -0.383 e. The summed E-state index contributed by atoms with van der Waals surface area (Å²) >= 11 is 2.81. The molecule has 0 aromatic carbocycles. The normalized spacial score (nSPS) is 11.8. The van der Waals surface area contributed by atoms with Crippen LogP contribution in [-0.2, 0) is 17.5 Å².